The van der Waals surface area contributed by atoms with Crippen LogP contribution in [0.25, 0.3) is 0 Å². The number of nitrogens with two attached hydrogens (primary N) is 2. The number of hydrogen-bond donors (Lipinski definition) is 4. The van der Waals surface area contributed by atoms with Crippen molar-refractivity contribution in [2.45, 2.75) is 62.2 Å². The van der Waals surface area contributed by atoms with E-state index >= 15 is 0 Å². The lowest BCUT2D eigenvalue weighted by atomic mass is 9.68. The molecule has 8 nitrogen and oxygen atoms in total. The van der Waals surface area contributed by atoms with Crippen LogP contribution in [-0.2, 0) is 20.4 Å². The van der Waals surface area contributed by atoms with Gasteiger partial charge in [-0.2, -0.15) is 0 Å². The highest BCUT2D eigenvalue weighted by Gasteiger charge is 2.46. The fourth-order valence-corrected chi connectivity index (χ4v) is 7.89. The summed E-state index contributed by atoms with van der Waals surface area (Å²) in [6.07, 6.45) is 10.5. The zero-order chi connectivity index (χ0) is 27.2. The van der Waals surface area contributed by atoms with Gasteiger partial charge in [0.25, 0.3) is 0 Å². The van der Waals surface area contributed by atoms with Gasteiger partial charge in [-0.25, -0.2) is 9.97 Å². The van der Waals surface area contributed by atoms with Crippen LogP contribution in [0.3, 0.4) is 0 Å². The number of aromatic nitrogens is 2. The number of amides is 2. The number of rotatable bonds is 2. The zero-order valence-corrected chi connectivity index (χ0v) is 25.4. The topological polar surface area (TPSA) is 136 Å². The smallest absolute Gasteiger partial charge is 0.220 e. The van der Waals surface area contributed by atoms with E-state index in [2.05, 4.69) is 52.5 Å². The van der Waals surface area contributed by atoms with Crippen molar-refractivity contribution in [3.63, 3.8) is 0 Å². The summed E-state index contributed by atoms with van der Waals surface area (Å²) >= 11 is 19.8. The minimum absolute atomic E-state index is 0.00793. The number of halogens is 4. The van der Waals surface area contributed by atoms with E-state index in [1.54, 1.807) is 12.4 Å². The number of hydrogen-bond acceptors (Lipinski definition) is 6. The Bertz CT molecular complexity index is 1180. The van der Waals surface area contributed by atoms with Crippen LogP contribution < -0.4 is 22.1 Å². The van der Waals surface area contributed by atoms with Gasteiger partial charge < -0.3 is 22.1 Å². The Morgan fingerprint density at radius 2 is 1.11 bits per heavy atom. The molecule has 2 aliphatic carbocycles. The number of carbonyl (C=O) groups excluding carboxylic acids is 2. The molecule has 0 radical (unpaired) electrons. The number of anilines is 2. The molecule has 0 saturated heterocycles. The molecule has 2 aromatic rings. The van der Waals surface area contributed by atoms with Crippen LogP contribution in [0, 0.1) is 11.8 Å². The Kier molecular flexibility index (Phi) is 7.90. The van der Waals surface area contributed by atoms with Crippen LogP contribution in [0.1, 0.15) is 62.5 Å². The number of pyridine rings is 2. The van der Waals surface area contributed by atoms with Gasteiger partial charge in [-0.3, -0.25) is 9.59 Å². The molecule has 0 aromatic carbocycles. The third kappa shape index (κ3) is 4.90. The van der Waals surface area contributed by atoms with Gasteiger partial charge in [0.2, 0.25) is 11.8 Å². The average molecular weight is 689 g/mol. The van der Waals surface area contributed by atoms with Crippen LogP contribution >= 0.6 is 55.1 Å². The van der Waals surface area contributed by atoms with Crippen molar-refractivity contribution < 1.29 is 9.59 Å². The highest BCUT2D eigenvalue weighted by atomic mass is 79.9. The third-order valence-electron chi connectivity index (χ3n) is 8.89. The van der Waals surface area contributed by atoms with Gasteiger partial charge in [0, 0.05) is 59.3 Å². The second-order valence-electron chi connectivity index (χ2n) is 10.9. The van der Waals surface area contributed by atoms with Gasteiger partial charge >= 0.3 is 0 Å². The lowest BCUT2D eigenvalue weighted by Gasteiger charge is -2.36. The summed E-state index contributed by atoms with van der Waals surface area (Å²) in [6.45, 7) is 1.69. The second kappa shape index (κ2) is 10.7. The molecule has 2 saturated carbocycles. The normalized spacial score (nSPS) is 29.1. The maximum Gasteiger partial charge on any atom is 0.220 e. The number of nitrogens with zero attached hydrogens (tertiary/aromatic N) is 2. The molecule has 0 bridgehead atoms. The predicted molar refractivity (Wildman–Crippen MR) is 157 cm³/mol. The highest BCUT2D eigenvalue weighted by Crippen LogP contribution is 2.52. The molecule has 38 heavy (non-hydrogen) atoms. The Labute approximate surface area is 248 Å². The van der Waals surface area contributed by atoms with Crippen LogP contribution in [0.4, 0.5) is 11.6 Å². The first kappa shape index (κ1) is 27.9. The molecular weight excluding hydrogens is 659 g/mol. The molecular formula is C26H30Br2Cl2N6O2. The van der Waals surface area contributed by atoms with E-state index in [9.17, 15) is 9.59 Å². The molecule has 12 heteroatoms. The first-order valence-corrected chi connectivity index (χ1v) is 15.2. The van der Waals surface area contributed by atoms with Crippen molar-refractivity contribution in [1.82, 2.24) is 9.97 Å². The van der Waals surface area contributed by atoms with Gasteiger partial charge in [0.1, 0.15) is 11.6 Å². The Morgan fingerprint density at radius 1 is 0.763 bits per heavy atom. The maximum atomic E-state index is 11.3. The monoisotopic (exact) mass is 686 g/mol. The summed E-state index contributed by atoms with van der Waals surface area (Å²) in [6, 6.07) is 0. The van der Waals surface area contributed by atoms with Crippen molar-refractivity contribution in [1.29, 1.82) is 0 Å². The van der Waals surface area contributed by atoms with Crippen molar-refractivity contribution >= 4 is 78.5 Å². The van der Waals surface area contributed by atoms with Gasteiger partial charge in [0.15, 0.2) is 0 Å². The Morgan fingerprint density at radius 3 is 1.42 bits per heavy atom. The first-order chi connectivity index (χ1) is 18.1. The number of primary amides is 2. The molecule has 6 N–H and O–H groups in total. The van der Waals surface area contributed by atoms with Crippen LogP contribution in [0.5, 0.6) is 0 Å². The Hall–Kier alpha value is -1.62. The molecule has 2 spiro atoms. The maximum absolute atomic E-state index is 11.3. The minimum Gasteiger partial charge on any atom is -0.369 e. The Balaban J connectivity index is 0.000000155. The quantitative estimate of drug-likeness (QED) is 0.321. The minimum atomic E-state index is -0.181. The van der Waals surface area contributed by atoms with E-state index in [-0.39, 0.29) is 34.5 Å². The summed E-state index contributed by atoms with van der Waals surface area (Å²) in [4.78, 5) is 31.3. The van der Waals surface area contributed by atoms with Crippen LogP contribution in [-0.4, -0.2) is 34.9 Å². The first-order valence-electron chi connectivity index (χ1n) is 12.8. The van der Waals surface area contributed by atoms with E-state index in [1.807, 2.05) is 0 Å². The van der Waals surface area contributed by atoms with Crippen molar-refractivity contribution in [2.24, 2.45) is 23.3 Å². The largest absolute Gasteiger partial charge is 0.369 e. The SMILES string of the molecule is NC(=O)C1CCC2(CC1)CNc1ncc(Br)c(Cl)c12.NC(=O)C1CCC2(CC1)CNc1ncc(Br)c(Cl)c12. The van der Waals surface area contributed by atoms with Crippen LogP contribution in [0.2, 0.25) is 10.0 Å². The van der Waals surface area contributed by atoms with E-state index in [0.717, 1.165) is 106 Å². The van der Waals surface area contributed by atoms with E-state index in [1.165, 1.54) is 0 Å². The lowest BCUT2D eigenvalue weighted by Crippen LogP contribution is -2.37. The molecule has 0 unspecified atom stereocenters. The van der Waals surface area contributed by atoms with Gasteiger partial charge in [0.05, 0.1) is 19.0 Å². The standard InChI is InChI=1S/2C13H15BrClN3O/c2*14-8-5-17-12-9(10(8)15)13(6-18-12)3-1-7(2-4-13)11(16)19/h2*5,7H,1-4,6H2,(H2,16,19)(H,17,18). The number of carbonyl (C=O) groups is 2. The molecule has 2 aromatic heterocycles. The summed E-state index contributed by atoms with van der Waals surface area (Å²) < 4.78 is 1.65. The zero-order valence-electron chi connectivity index (χ0n) is 20.8. The molecule has 2 aliphatic heterocycles. The van der Waals surface area contributed by atoms with Gasteiger partial charge in [-0.05, 0) is 83.2 Å². The summed E-state index contributed by atoms with van der Waals surface area (Å²) in [7, 11) is 0. The second-order valence-corrected chi connectivity index (χ2v) is 13.4. The summed E-state index contributed by atoms with van der Waals surface area (Å²) in [5, 5.41) is 8.17. The van der Waals surface area contributed by atoms with Crippen molar-refractivity contribution in [2.75, 3.05) is 23.7 Å². The fourth-order valence-electron chi connectivity index (χ4n) is 6.61. The summed E-state index contributed by atoms with van der Waals surface area (Å²) in [5.74, 6) is 1.41. The van der Waals surface area contributed by atoms with Gasteiger partial charge in [-0.1, -0.05) is 23.2 Å². The summed E-state index contributed by atoms with van der Waals surface area (Å²) in [5.41, 5.74) is 13.0. The van der Waals surface area contributed by atoms with Gasteiger partial charge in [-0.15, -0.1) is 0 Å². The number of fused-ring (bicyclic) bond motifs is 4. The average Bonchev–Trinajstić information content (AvgIpc) is 3.44. The van der Waals surface area contributed by atoms with E-state index in [4.69, 9.17) is 34.7 Å². The molecule has 0 atom stereocenters. The molecule has 2 fully saturated rings. The highest BCUT2D eigenvalue weighted by molar-refractivity contribution is 9.10. The third-order valence-corrected chi connectivity index (χ3v) is 11.3. The molecule has 204 valence electrons. The lowest BCUT2D eigenvalue weighted by molar-refractivity contribution is -0.123. The van der Waals surface area contributed by atoms with Crippen LogP contribution in [0.15, 0.2) is 21.3 Å². The van der Waals surface area contributed by atoms with E-state index in [0.29, 0.717) is 0 Å². The number of nitrogens with one attached hydrogen (secondary N) is 2. The molecule has 4 aliphatic rings. The molecule has 4 heterocycles. The predicted octanol–water partition coefficient (Wildman–Crippen LogP) is 5.67. The van der Waals surface area contributed by atoms with Crippen molar-refractivity contribution in [3.05, 3.63) is 42.5 Å². The van der Waals surface area contributed by atoms with E-state index < -0.39 is 0 Å². The van der Waals surface area contributed by atoms with Crippen molar-refractivity contribution in [3.8, 4) is 0 Å². The fraction of sp³-hybridized carbons (Fsp3) is 0.538. The molecule has 6 rings (SSSR count). The molecule has 2 amide bonds.